The van der Waals surface area contributed by atoms with Gasteiger partial charge in [0.15, 0.2) is 0 Å². The average Bonchev–Trinajstić information content (AvgIpc) is 2.21. The second kappa shape index (κ2) is 5.50. The van der Waals surface area contributed by atoms with Crippen molar-refractivity contribution in [2.24, 2.45) is 16.1 Å². The SMILES string of the molecule is CCCC(N)=NCC1(C)CCN(C)CC1. The standard InChI is InChI=1S/C12H25N3/c1-4-5-11(13)14-10-12(2)6-8-15(3)9-7-12/h4-10H2,1-3H3,(H2,13,14). The van der Waals surface area contributed by atoms with Gasteiger partial charge in [-0.15, -0.1) is 0 Å². The van der Waals surface area contributed by atoms with Gasteiger partial charge in [0.05, 0.1) is 5.84 Å². The summed E-state index contributed by atoms with van der Waals surface area (Å²) in [6.07, 6.45) is 4.52. The number of hydrogen-bond donors (Lipinski definition) is 1. The first-order valence-electron chi connectivity index (χ1n) is 6.03. The predicted octanol–water partition coefficient (Wildman–Crippen LogP) is 1.88. The highest BCUT2D eigenvalue weighted by Crippen LogP contribution is 2.30. The zero-order valence-electron chi connectivity index (χ0n) is 10.4. The molecular weight excluding hydrogens is 186 g/mol. The largest absolute Gasteiger partial charge is 0.387 e. The predicted molar refractivity (Wildman–Crippen MR) is 66.2 cm³/mol. The first-order chi connectivity index (χ1) is 7.06. The molecule has 0 spiro atoms. The van der Waals surface area contributed by atoms with E-state index in [1.54, 1.807) is 0 Å². The van der Waals surface area contributed by atoms with Crippen molar-refractivity contribution in [3.63, 3.8) is 0 Å². The summed E-state index contributed by atoms with van der Waals surface area (Å²) >= 11 is 0. The van der Waals surface area contributed by atoms with Gasteiger partial charge in [-0.05, 0) is 44.8 Å². The van der Waals surface area contributed by atoms with Crippen molar-refractivity contribution in [3.8, 4) is 0 Å². The average molecular weight is 211 g/mol. The topological polar surface area (TPSA) is 41.6 Å². The van der Waals surface area contributed by atoms with Crippen LogP contribution in [0.2, 0.25) is 0 Å². The number of hydrogen-bond acceptors (Lipinski definition) is 2. The molecule has 0 aromatic heterocycles. The minimum Gasteiger partial charge on any atom is -0.387 e. The summed E-state index contributed by atoms with van der Waals surface area (Å²) in [4.78, 5) is 6.90. The Morgan fingerprint density at radius 1 is 1.40 bits per heavy atom. The molecular formula is C12H25N3. The summed E-state index contributed by atoms with van der Waals surface area (Å²) in [5.41, 5.74) is 6.21. The molecule has 3 nitrogen and oxygen atoms in total. The van der Waals surface area contributed by atoms with Crippen molar-refractivity contribution < 1.29 is 0 Å². The van der Waals surface area contributed by atoms with Crippen LogP contribution in [0.4, 0.5) is 0 Å². The van der Waals surface area contributed by atoms with Crippen molar-refractivity contribution in [2.75, 3.05) is 26.7 Å². The Kier molecular flexibility index (Phi) is 4.58. The van der Waals surface area contributed by atoms with E-state index >= 15 is 0 Å². The van der Waals surface area contributed by atoms with Crippen LogP contribution in [0.1, 0.15) is 39.5 Å². The first kappa shape index (κ1) is 12.5. The molecule has 1 aliphatic heterocycles. The molecule has 1 fully saturated rings. The Hall–Kier alpha value is -0.570. The van der Waals surface area contributed by atoms with Gasteiger partial charge in [0.2, 0.25) is 0 Å². The maximum Gasteiger partial charge on any atom is 0.0937 e. The van der Waals surface area contributed by atoms with Gasteiger partial charge in [-0.1, -0.05) is 13.8 Å². The number of piperidine rings is 1. The lowest BCUT2D eigenvalue weighted by Crippen LogP contribution is -2.38. The highest BCUT2D eigenvalue weighted by atomic mass is 15.1. The molecule has 0 unspecified atom stereocenters. The van der Waals surface area contributed by atoms with Crippen LogP contribution in [0.5, 0.6) is 0 Å². The summed E-state index contributed by atoms with van der Waals surface area (Å²) < 4.78 is 0. The van der Waals surface area contributed by atoms with Crippen LogP contribution < -0.4 is 5.73 Å². The van der Waals surface area contributed by atoms with Crippen LogP contribution in [0.25, 0.3) is 0 Å². The van der Waals surface area contributed by atoms with Crippen LogP contribution >= 0.6 is 0 Å². The zero-order chi connectivity index (χ0) is 11.3. The van der Waals surface area contributed by atoms with E-state index in [9.17, 15) is 0 Å². The van der Waals surface area contributed by atoms with Crippen LogP contribution in [0.15, 0.2) is 4.99 Å². The zero-order valence-corrected chi connectivity index (χ0v) is 10.4. The molecule has 0 radical (unpaired) electrons. The maximum absolute atomic E-state index is 5.83. The lowest BCUT2D eigenvalue weighted by atomic mass is 9.80. The van der Waals surface area contributed by atoms with Gasteiger partial charge in [-0.3, -0.25) is 4.99 Å². The Labute approximate surface area is 93.7 Å². The number of rotatable bonds is 4. The van der Waals surface area contributed by atoms with Crippen molar-refractivity contribution in [1.29, 1.82) is 0 Å². The fraction of sp³-hybridized carbons (Fsp3) is 0.917. The van der Waals surface area contributed by atoms with Gasteiger partial charge in [-0.2, -0.15) is 0 Å². The minimum absolute atomic E-state index is 0.380. The molecule has 2 N–H and O–H groups in total. The van der Waals surface area contributed by atoms with E-state index in [1.807, 2.05) is 0 Å². The van der Waals surface area contributed by atoms with Crippen LogP contribution in [-0.2, 0) is 0 Å². The molecule has 1 rings (SSSR count). The third-order valence-electron chi connectivity index (χ3n) is 3.36. The number of amidine groups is 1. The number of likely N-dealkylation sites (tertiary alicyclic amines) is 1. The van der Waals surface area contributed by atoms with Gasteiger partial charge in [0, 0.05) is 13.0 Å². The van der Waals surface area contributed by atoms with E-state index in [2.05, 4.69) is 30.8 Å². The second-order valence-electron chi connectivity index (χ2n) is 5.17. The fourth-order valence-corrected chi connectivity index (χ4v) is 1.94. The molecule has 1 aliphatic rings. The second-order valence-corrected chi connectivity index (χ2v) is 5.17. The maximum atomic E-state index is 5.83. The van der Waals surface area contributed by atoms with E-state index < -0.39 is 0 Å². The smallest absolute Gasteiger partial charge is 0.0937 e. The fourth-order valence-electron chi connectivity index (χ4n) is 1.94. The molecule has 3 heteroatoms. The highest BCUT2D eigenvalue weighted by Gasteiger charge is 2.28. The van der Waals surface area contributed by atoms with Crippen molar-refractivity contribution in [2.45, 2.75) is 39.5 Å². The summed E-state index contributed by atoms with van der Waals surface area (Å²) in [6, 6.07) is 0. The molecule has 0 atom stereocenters. The van der Waals surface area contributed by atoms with Gasteiger partial charge < -0.3 is 10.6 Å². The molecule has 0 saturated carbocycles. The Bertz CT molecular complexity index is 215. The summed E-state index contributed by atoms with van der Waals surface area (Å²) in [5.74, 6) is 0.831. The Morgan fingerprint density at radius 2 is 2.00 bits per heavy atom. The third kappa shape index (κ3) is 4.20. The normalized spacial score (nSPS) is 23.0. The molecule has 0 bridgehead atoms. The van der Waals surface area contributed by atoms with Gasteiger partial charge in [-0.25, -0.2) is 0 Å². The molecule has 1 saturated heterocycles. The number of nitrogens with zero attached hydrogens (tertiary/aromatic N) is 2. The van der Waals surface area contributed by atoms with Crippen LogP contribution in [-0.4, -0.2) is 37.4 Å². The third-order valence-corrected chi connectivity index (χ3v) is 3.36. The van der Waals surface area contributed by atoms with E-state index in [0.29, 0.717) is 5.41 Å². The van der Waals surface area contributed by atoms with Crippen molar-refractivity contribution >= 4 is 5.84 Å². The van der Waals surface area contributed by atoms with E-state index in [4.69, 9.17) is 5.73 Å². The molecule has 1 heterocycles. The lowest BCUT2D eigenvalue weighted by Gasteiger charge is -2.36. The Morgan fingerprint density at radius 3 is 2.53 bits per heavy atom. The number of nitrogens with two attached hydrogens (primary N) is 1. The van der Waals surface area contributed by atoms with E-state index in [0.717, 1.165) is 25.2 Å². The molecule has 0 aromatic carbocycles. The molecule has 0 amide bonds. The van der Waals surface area contributed by atoms with Crippen LogP contribution in [0, 0.1) is 5.41 Å². The molecule has 15 heavy (non-hydrogen) atoms. The van der Waals surface area contributed by atoms with Crippen molar-refractivity contribution in [1.82, 2.24) is 4.90 Å². The lowest BCUT2D eigenvalue weighted by molar-refractivity contribution is 0.147. The molecule has 0 aromatic rings. The van der Waals surface area contributed by atoms with Crippen LogP contribution in [0.3, 0.4) is 0 Å². The highest BCUT2D eigenvalue weighted by molar-refractivity contribution is 5.80. The minimum atomic E-state index is 0.380. The monoisotopic (exact) mass is 211 g/mol. The molecule has 0 aliphatic carbocycles. The van der Waals surface area contributed by atoms with Gasteiger partial charge in [0.25, 0.3) is 0 Å². The first-order valence-corrected chi connectivity index (χ1v) is 6.03. The summed E-state index contributed by atoms with van der Waals surface area (Å²) in [6.45, 7) is 7.77. The van der Waals surface area contributed by atoms with Crippen molar-refractivity contribution in [3.05, 3.63) is 0 Å². The van der Waals surface area contributed by atoms with E-state index in [-0.39, 0.29) is 0 Å². The van der Waals surface area contributed by atoms with Gasteiger partial charge >= 0.3 is 0 Å². The molecule has 88 valence electrons. The van der Waals surface area contributed by atoms with E-state index in [1.165, 1.54) is 25.9 Å². The summed E-state index contributed by atoms with van der Waals surface area (Å²) in [5, 5.41) is 0. The van der Waals surface area contributed by atoms with Gasteiger partial charge in [0.1, 0.15) is 0 Å². The quantitative estimate of drug-likeness (QED) is 0.570. The number of aliphatic imine (C=N–C) groups is 1. The Balaban J connectivity index is 2.39. The summed E-state index contributed by atoms with van der Waals surface area (Å²) in [7, 11) is 2.19.